The zero-order valence-electron chi connectivity index (χ0n) is 12.8. The van der Waals surface area contributed by atoms with Crippen LogP contribution < -0.4 is 5.32 Å². The van der Waals surface area contributed by atoms with Crippen LogP contribution in [0.1, 0.15) is 10.6 Å². The van der Waals surface area contributed by atoms with Crippen molar-refractivity contribution in [3.8, 4) is 17.3 Å². The van der Waals surface area contributed by atoms with Crippen LogP contribution in [0.2, 0.25) is 0 Å². The van der Waals surface area contributed by atoms with Crippen LogP contribution in [0.15, 0.2) is 58.6 Å². The number of rotatable bonds is 4. The Morgan fingerprint density at radius 1 is 1.33 bits per heavy atom. The molecule has 3 aromatic rings. The Bertz CT molecular complexity index is 940. The predicted octanol–water partition coefficient (Wildman–Crippen LogP) is 5.25. The zero-order valence-corrected chi connectivity index (χ0v) is 15.2. The van der Waals surface area contributed by atoms with Gasteiger partial charge in [-0.15, -0.1) is 11.3 Å². The van der Waals surface area contributed by atoms with Gasteiger partial charge in [0.15, 0.2) is 0 Å². The van der Waals surface area contributed by atoms with E-state index in [2.05, 4.69) is 37.3 Å². The largest absolute Gasteiger partial charge is 0.345 e. The highest BCUT2D eigenvalue weighted by Gasteiger charge is 2.09. The molecular weight excluding hydrogens is 384 g/mol. The van der Waals surface area contributed by atoms with Gasteiger partial charge in [-0.05, 0) is 36.8 Å². The average molecular weight is 397 g/mol. The lowest BCUT2D eigenvalue weighted by Crippen LogP contribution is -1.94. The smallest absolute Gasteiger partial charge is 0.136 e. The van der Waals surface area contributed by atoms with Crippen LogP contribution in [-0.4, -0.2) is 9.97 Å². The van der Waals surface area contributed by atoms with E-state index in [1.807, 2.05) is 48.7 Å². The number of aromatic nitrogens is 2. The van der Waals surface area contributed by atoms with Crippen molar-refractivity contribution in [2.24, 2.45) is 0 Å². The molecule has 4 nitrogen and oxygen atoms in total. The van der Waals surface area contributed by atoms with E-state index in [0.29, 0.717) is 16.4 Å². The topological polar surface area (TPSA) is 61.6 Å². The Kier molecular flexibility index (Phi) is 5.04. The first-order valence-corrected chi connectivity index (χ1v) is 8.84. The van der Waals surface area contributed by atoms with Gasteiger partial charge in [-0.1, -0.05) is 28.1 Å². The third-order valence-corrected chi connectivity index (χ3v) is 4.62. The minimum atomic E-state index is 0.476. The van der Waals surface area contributed by atoms with Gasteiger partial charge in [0.05, 0.1) is 5.69 Å². The van der Waals surface area contributed by atoms with Gasteiger partial charge in [0.2, 0.25) is 0 Å². The van der Waals surface area contributed by atoms with E-state index in [9.17, 15) is 5.26 Å². The Labute approximate surface area is 152 Å². The molecule has 1 aromatic carbocycles. The fourth-order valence-electron chi connectivity index (χ4n) is 2.08. The lowest BCUT2D eigenvalue weighted by molar-refractivity contribution is 1.27. The molecule has 0 saturated heterocycles. The van der Waals surface area contributed by atoms with Gasteiger partial charge in [-0.25, -0.2) is 9.97 Å². The summed E-state index contributed by atoms with van der Waals surface area (Å²) in [5, 5.41) is 15.1. The molecule has 6 heteroatoms. The lowest BCUT2D eigenvalue weighted by atomic mass is 10.2. The number of halogens is 1. The molecule has 2 aromatic heterocycles. The van der Waals surface area contributed by atoms with Crippen LogP contribution in [0.5, 0.6) is 0 Å². The maximum atomic E-state index is 9.42. The van der Waals surface area contributed by atoms with Crippen LogP contribution >= 0.6 is 27.3 Å². The molecule has 0 amide bonds. The summed E-state index contributed by atoms with van der Waals surface area (Å²) in [6.07, 6.45) is 3.37. The summed E-state index contributed by atoms with van der Waals surface area (Å²) in [7, 11) is 0. The van der Waals surface area contributed by atoms with E-state index in [-0.39, 0.29) is 0 Å². The zero-order chi connectivity index (χ0) is 16.9. The molecule has 0 saturated carbocycles. The second-order valence-electron chi connectivity index (χ2n) is 5.08. The molecule has 0 fully saturated rings. The first-order chi connectivity index (χ1) is 11.7. The van der Waals surface area contributed by atoms with E-state index >= 15 is 0 Å². The molecule has 0 radical (unpaired) electrons. The number of thiazole rings is 1. The van der Waals surface area contributed by atoms with Gasteiger partial charge >= 0.3 is 0 Å². The molecule has 2 heterocycles. The summed E-state index contributed by atoms with van der Waals surface area (Å²) in [4.78, 5) is 8.78. The highest BCUT2D eigenvalue weighted by atomic mass is 79.9. The number of nitriles is 1. The normalized spacial score (nSPS) is 11.1. The molecule has 118 valence electrons. The van der Waals surface area contributed by atoms with E-state index in [1.54, 1.807) is 12.4 Å². The molecule has 0 aliphatic rings. The van der Waals surface area contributed by atoms with Crippen molar-refractivity contribution in [3.05, 3.63) is 69.2 Å². The molecule has 1 N–H and O–H groups in total. The van der Waals surface area contributed by atoms with Crippen LogP contribution in [0.25, 0.3) is 16.8 Å². The van der Waals surface area contributed by atoms with E-state index in [0.717, 1.165) is 21.3 Å². The molecule has 3 rings (SSSR count). The van der Waals surface area contributed by atoms with Crippen LogP contribution in [0.3, 0.4) is 0 Å². The number of anilines is 1. The van der Waals surface area contributed by atoms with Gasteiger partial charge < -0.3 is 5.32 Å². The number of benzene rings is 1. The quantitative estimate of drug-likeness (QED) is 0.611. The van der Waals surface area contributed by atoms with Gasteiger partial charge in [-0.3, -0.25) is 0 Å². The fraction of sp³-hybridized carbons (Fsp3) is 0.0556. The Morgan fingerprint density at radius 3 is 2.96 bits per heavy atom. The third kappa shape index (κ3) is 3.88. The van der Waals surface area contributed by atoms with Crippen LogP contribution in [0, 0.1) is 18.3 Å². The molecular formula is C18H13BrN4S. The summed E-state index contributed by atoms with van der Waals surface area (Å²) in [6, 6.07) is 14.0. The van der Waals surface area contributed by atoms with Crippen molar-refractivity contribution in [1.82, 2.24) is 9.97 Å². The maximum absolute atomic E-state index is 9.42. The minimum Gasteiger partial charge on any atom is -0.345 e. The second-order valence-corrected chi connectivity index (χ2v) is 6.85. The Hall–Kier alpha value is -2.49. The highest BCUT2D eigenvalue weighted by Crippen LogP contribution is 2.27. The summed E-state index contributed by atoms with van der Waals surface area (Å²) >= 11 is 4.90. The summed E-state index contributed by atoms with van der Waals surface area (Å²) in [5.41, 5.74) is 3.44. The minimum absolute atomic E-state index is 0.476. The predicted molar refractivity (Wildman–Crippen MR) is 101 cm³/mol. The van der Waals surface area contributed by atoms with Gasteiger partial charge in [0, 0.05) is 27.8 Å². The molecule has 0 aliphatic carbocycles. The summed E-state index contributed by atoms with van der Waals surface area (Å²) in [5.74, 6) is 0.700. The molecule has 0 bridgehead atoms. The van der Waals surface area contributed by atoms with Crippen LogP contribution in [-0.2, 0) is 0 Å². The van der Waals surface area contributed by atoms with Crippen molar-refractivity contribution in [2.45, 2.75) is 6.92 Å². The number of allylic oxidation sites excluding steroid dienone is 1. The maximum Gasteiger partial charge on any atom is 0.136 e. The van der Waals surface area contributed by atoms with Crippen molar-refractivity contribution >= 4 is 38.7 Å². The summed E-state index contributed by atoms with van der Waals surface area (Å²) in [6.45, 7) is 1.99. The van der Waals surface area contributed by atoms with Gasteiger partial charge in [0.1, 0.15) is 22.5 Å². The van der Waals surface area contributed by atoms with Crippen molar-refractivity contribution in [1.29, 1.82) is 5.26 Å². The number of pyridine rings is 1. The molecule has 0 unspecified atom stereocenters. The number of hydrogen-bond donors (Lipinski definition) is 1. The van der Waals surface area contributed by atoms with Crippen molar-refractivity contribution in [2.75, 3.05) is 5.32 Å². The molecule has 0 spiro atoms. The van der Waals surface area contributed by atoms with E-state index in [4.69, 9.17) is 0 Å². The SMILES string of the molecule is Cc1ccnc(NC=C(C#N)c2nc(-c3cccc(Br)c3)cs2)c1. The number of nitrogens with one attached hydrogen (secondary N) is 1. The summed E-state index contributed by atoms with van der Waals surface area (Å²) < 4.78 is 0.998. The average Bonchev–Trinajstić information content (AvgIpc) is 3.05. The first-order valence-electron chi connectivity index (χ1n) is 7.17. The van der Waals surface area contributed by atoms with E-state index in [1.165, 1.54) is 11.3 Å². The molecule has 0 aliphatic heterocycles. The number of hydrogen-bond acceptors (Lipinski definition) is 5. The standard InChI is InChI=1S/C18H13BrN4S/c1-12-5-6-21-17(7-12)22-10-14(9-20)18-23-16(11-24-18)13-3-2-4-15(19)8-13/h2-8,10-11H,1H3,(H,21,22). The van der Waals surface area contributed by atoms with Crippen LogP contribution in [0.4, 0.5) is 5.82 Å². The van der Waals surface area contributed by atoms with Gasteiger partial charge in [-0.2, -0.15) is 5.26 Å². The van der Waals surface area contributed by atoms with Gasteiger partial charge in [0.25, 0.3) is 0 Å². The number of nitrogens with zero attached hydrogens (tertiary/aromatic N) is 3. The molecule has 0 atom stereocenters. The van der Waals surface area contributed by atoms with Crippen molar-refractivity contribution in [3.63, 3.8) is 0 Å². The highest BCUT2D eigenvalue weighted by molar-refractivity contribution is 9.10. The van der Waals surface area contributed by atoms with E-state index < -0.39 is 0 Å². The molecule has 24 heavy (non-hydrogen) atoms. The van der Waals surface area contributed by atoms with Crippen molar-refractivity contribution < 1.29 is 0 Å². The Balaban J connectivity index is 1.84. The monoisotopic (exact) mass is 396 g/mol. The third-order valence-electron chi connectivity index (χ3n) is 3.26. The second kappa shape index (κ2) is 7.39. The fourth-order valence-corrected chi connectivity index (χ4v) is 3.27. The first kappa shape index (κ1) is 16.4. The lowest BCUT2D eigenvalue weighted by Gasteiger charge is -2.01. The Morgan fingerprint density at radius 2 is 2.21 bits per heavy atom. The number of aryl methyl sites for hydroxylation is 1.